The monoisotopic (exact) mass is 431 g/mol. The Balaban J connectivity index is 1.56. The first-order chi connectivity index (χ1) is 14.5. The van der Waals surface area contributed by atoms with Gasteiger partial charge in [0.25, 0.3) is 0 Å². The van der Waals surface area contributed by atoms with Gasteiger partial charge in [-0.1, -0.05) is 16.8 Å². The maximum atomic E-state index is 12.2. The van der Waals surface area contributed by atoms with Gasteiger partial charge < -0.3 is 24.1 Å². The van der Waals surface area contributed by atoms with Crippen LogP contribution in [0.25, 0.3) is 11.4 Å². The van der Waals surface area contributed by atoms with Crippen LogP contribution in [0.3, 0.4) is 0 Å². The zero-order valence-electron chi connectivity index (χ0n) is 16.9. The van der Waals surface area contributed by atoms with Crippen LogP contribution < -0.4 is 19.5 Å². The van der Waals surface area contributed by atoms with Gasteiger partial charge in [0.05, 0.1) is 27.0 Å². The lowest BCUT2D eigenvalue weighted by atomic mass is 10.2. The quantitative estimate of drug-likeness (QED) is 0.537. The van der Waals surface area contributed by atoms with Crippen LogP contribution >= 0.6 is 11.6 Å². The first kappa shape index (κ1) is 21.4. The van der Waals surface area contributed by atoms with Gasteiger partial charge in [-0.25, -0.2) is 0 Å². The highest BCUT2D eigenvalue weighted by molar-refractivity contribution is 6.31. The van der Waals surface area contributed by atoms with Crippen LogP contribution in [0.1, 0.15) is 18.7 Å². The van der Waals surface area contributed by atoms with Crippen molar-refractivity contribution in [3.63, 3.8) is 0 Å². The normalized spacial score (nSPS) is 10.5. The number of hydrogen-bond donors (Lipinski definition) is 1. The predicted octanol–water partition coefficient (Wildman–Crippen LogP) is 4.38. The van der Waals surface area contributed by atoms with Crippen molar-refractivity contribution in [3.8, 4) is 28.6 Å². The third-order valence-electron chi connectivity index (χ3n) is 4.34. The van der Waals surface area contributed by atoms with Gasteiger partial charge in [-0.3, -0.25) is 4.79 Å². The fraction of sp³-hybridized carbons (Fsp3) is 0.286. The number of ether oxygens (including phenoxy) is 3. The van der Waals surface area contributed by atoms with E-state index in [0.29, 0.717) is 52.5 Å². The molecule has 1 heterocycles. The predicted molar refractivity (Wildman–Crippen MR) is 112 cm³/mol. The average Bonchev–Trinajstić information content (AvgIpc) is 3.22. The number of benzene rings is 2. The van der Waals surface area contributed by atoms with Gasteiger partial charge in [-0.15, -0.1) is 0 Å². The Labute approximate surface area is 179 Å². The maximum absolute atomic E-state index is 12.2. The van der Waals surface area contributed by atoms with Crippen molar-refractivity contribution < 1.29 is 23.5 Å². The summed E-state index contributed by atoms with van der Waals surface area (Å²) in [4.78, 5) is 16.6. The molecule has 2 aromatic carbocycles. The maximum Gasteiger partial charge on any atom is 0.226 e. The van der Waals surface area contributed by atoms with E-state index in [4.69, 9.17) is 30.3 Å². The van der Waals surface area contributed by atoms with Gasteiger partial charge in [0, 0.05) is 23.4 Å². The molecule has 0 fully saturated rings. The first-order valence-corrected chi connectivity index (χ1v) is 9.60. The second-order valence-electron chi connectivity index (χ2n) is 6.33. The van der Waals surface area contributed by atoms with E-state index in [-0.39, 0.29) is 12.3 Å². The summed E-state index contributed by atoms with van der Waals surface area (Å²) in [5, 5.41) is 7.32. The molecule has 0 aliphatic rings. The molecule has 0 spiro atoms. The summed E-state index contributed by atoms with van der Waals surface area (Å²) in [5.41, 5.74) is 1.27. The van der Waals surface area contributed by atoms with Crippen molar-refractivity contribution in [1.29, 1.82) is 0 Å². The third-order valence-corrected chi connectivity index (χ3v) is 4.58. The summed E-state index contributed by atoms with van der Waals surface area (Å²) < 4.78 is 21.1. The van der Waals surface area contributed by atoms with Crippen LogP contribution in [0.4, 0.5) is 5.69 Å². The van der Waals surface area contributed by atoms with E-state index in [2.05, 4.69) is 15.5 Å². The Kier molecular flexibility index (Phi) is 7.13. The number of aryl methyl sites for hydroxylation is 1. The Morgan fingerprint density at radius 3 is 2.50 bits per heavy atom. The number of carbonyl (C=O) groups excluding carboxylic acids is 1. The van der Waals surface area contributed by atoms with Crippen molar-refractivity contribution in [2.24, 2.45) is 0 Å². The Morgan fingerprint density at radius 2 is 1.77 bits per heavy atom. The lowest BCUT2D eigenvalue weighted by Gasteiger charge is -2.10. The molecule has 3 rings (SSSR count). The summed E-state index contributed by atoms with van der Waals surface area (Å²) >= 11 is 5.98. The van der Waals surface area contributed by atoms with Crippen molar-refractivity contribution in [2.75, 3.05) is 26.6 Å². The minimum absolute atomic E-state index is 0.157. The zero-order valence-corrected chi connectivity index (χ0v) is 17.7. The highest BCUT2D eigenvalue weighted by atomic mass is 35.5. The van der Waals surface area contributed by atoms with Crippen LogP contribution in [-0.4, -0.2) is 37.4 Å². The van der Waals surface area contributed by atoms with E-state index in [1.54, 1.807) is 44.6 Å². The molecule has 0 saturated heterocycles. The van der Waals surface area contributed by atoms with E-state index in [1.165, 1.54) is 7.11 Å². The Hall–Kier alpha value is -3.26. The summed E-state index contributed by atoms with van der Waals surface area (Å²) in [6.07, 6.45) is 1.30. The van der Waals surface area contributed by atoms with Gasteiger partial charge in [-0.2, -0.15) is 4.98 Å². The minimum Gasteiger partial charge on any atom is -0.495 e. The van der Waals surface area contributed by atoms with Gasteiger partial charge in [-0.05, 0) is 42.8 Å². The number of hydrogen-bond acceptors (Lipinski definition) is 7. The molecular formula is C21H22ClN3O5. The summed E-state index contributed by atoms with van der Waals surface area (Å²) in [6, 6.07) is 10.4. The molecule has 3 aromatic rings. The van der Waals surface area contributed by atoms with Crippen molar-refractivity contribution in [2.45, 2.75) is 19.3 Å². The van der Waals surface area contributed by atoms with Gasteiger partial charge >= 0.3 is 0 Å². The largest absolute Gasteiger partial charge is 0.495 e. The topological polar surface area (TPSA) is 95.7 Å². The second-order valence-corrected chi connectivity index (χ2v) is 6.76. The summed E-state index contributed by atoms with van der Waals surface area (Å²) in [6.45, 7) is 0. The lowest BCUT2D eigenvalue weighted by Crippen LogP contribution is -2.12. The number of methoxy groups -OCH3 is 3. The number of amides is 1. The van der Waals surface area contributed by atoms with E-state index < -0.39 is 0 Å². The van der Waals surface area contributed by atoms with Crippen molar-refractivity contribution >= 4 is 23.2 Å². The number of carbonyl (C=O) groups is 1. The number of halogens is 1. The zero-order chi connectivity index (χ0) is 21.5. The number of anilines is 1. The van der Waals surface area contributed by atoms with E-state index in [0.717, 1.165) is 5.56 Å². The van der Waals surface area contributed by atoms with Gasteiger partial charge in [0.15, 0.2) is 11.5 Å². The molecular weight excluding hydrogens is 410 g/mol. The number of nitrogens with one attached hydrogen (secondary N) is 1. The van der Waals surface area contributed by atoms with Crippen molar-refractivity contribution in [3.05, 3.63) is 47.3 Å². The van der Waals surface area contributed by atoms with E-state index >= 15 is 0 Å². The molecule has 0 aliphatic carbocycles. The van der Waals surface area contributed by atoms with Crippen molar-refractivity contribution in [1.82, 2.24) is 10.1 Å². The smallest absolute Gasteiger partial charge is 0.226 e. The number of aromatic nitrogens is 2. The molecule has 0 saturated carbocycles. The average molecular weight is 432 g/mol. The molecule has 0 unspecified atom stereocenters. The molecule has 9 heteroatoms. The fourth-order valence-corrected chi connectivity index (χ4v) is 3.01. The highest BCUT2D eigenvalue weighted by Crippen LogP contribution is 2.31. The molecule has 1 amide bonds. The van der Waals surface area contributed by atoms with Crippen LogP contribution in [-0.2, 0) is 11.2 Å². The van der Waals surface area contributed by atoms with E-state index in [9.17, 15) is 4.79 Å². The molecule has 8 nitrogen and oxygen atoms in total. The number of nitrogens with zero attached hydrogens (tertiary/aromatic N) is 2. The first-order valence-electron chi connectivity index (χ1n) is 9.22. The Bertz CT molecular complexity index is 1020. The third kappa shape index (κ3) is 5.21. The van der Waals surface area contributed by atoms with Crippen LogP contribution in [0.2, 0.25) is 5.02 Å². The SMILES string of the molecule is COc1ccc(Cl)cc1NC(=O)CCCc1nc(-c2ccc(OC)c(OC)c2)no1. The van der Waals surface area contributed by atoms with Gasteiger partial charge in [0.1, 0.15) is 5.75 Å². The molecule has 158 valence electrons. The van der Waals surface area contributed by atoms with Gasteiger partial charge in [0.2, 0.25) is 17.6 Å². The Morgan fingerprint density at radius 1 is 1.03 bits per heavy atom. The molecule has 0 radical (unpaired) electrons. The van der Waals surface area contributed by atoms with Crippen LogP contribution in [0, 0.1) is 0 Å². The standard InChI is InChI=1S/C21H22ClN3O5/c1-27-16-10-8-14(22)12-15(16)23-19(26)5-4-6-20-24-21(25-30-20)13-7-9-17(28-2)18(11-13)29-3/h7-12H,4-6H2,1-3H3,(H,23,26). The summed E-state index contributed by atoms with van der Waals surface area (Å²) in [5.74, 6) is 2.48. The van der Waals surface area contributed by atoms with Crippen LogP contribution in [0.15, 0.2) is 40.9 Å². The highest BCUT2D eigenvalue weighted by Gasteiger charge is 2.13. The lowest BCUT2D eigenvalue weighted by molar-refractivity contribution is -0.116. The molecule has 0 aliphatic heterocycles. The van der Waals surface area contributed by atoms with E-state index in [1.807, 2.05) is 6.07 Å². The summed E-state index contributed by atoms with van der Waals surface area (Å²) in [7, 11) is 4.67. The molecule has 1 N–H and O–H groups in total. The number of rotatable bonds is 9. The fourth-order valence-electron chi connectivity index (χ4n) is 2.84. The second kappa shape index (κ2) is 9.98. The molecule has 0 bridgehead atoms. The molecule has 0 atom stereocenters. The molecule has 30 heavy (non-hydrogen) atoms. The molecule has 1 aromatic heterocycles. The van der Waals surface area contributed by atoms with Crippen LogP contribution in [0.5, 0.6) is 17.2 Å². The minimum atomic E-state index is -0.157.